The summed E-state index contributed by atoms with van der Waals surface area (Å²) in [4.78, 5) is 8.31. The van der Waals surface area contributed by atoms with Gasteiger partial charge in [0, 0.05) is 26.2 Å². The van der Waals surface area contributed by atoms with Crippen molar-refractivity contribution in [1.29, 1.82) is 0 Å². The summed E-state index contributed by atoms with van der Waals surface area (Å²) in [7, 11) is -3.46. The van der Waals surface area contributed by atoms with Crippen LogP contribution in [0.4, 0.5) is 0 Å². The highest BCUT2D eigenvalue weighted by molar-refractivity contribution is 7.89. The summed E-state index contributed by atoms with van der Waals surface area (Å²) < 4.78 is 33.4. The van der Waals surface area contributed by atoms with E-state index < -0.39 is 10.0 Å². The van der Waals surface area contributed by atoms with E-state index in [1.165, 1.54) is 0 Å². The van der Waals surface area contributed by atoms with Gasteiger partial charge in [0.15, 0.2) is 0 Å². The lowest BCUT2D eigenvalue weighted by molar-refractivity contribution is 0.274. The third-order valence-electron chi connectivity index (χ3n) is 5.20. The SMILES string of the molecule is Cc1ccc(S(=O)(=O)N2CCCN(Cc3nc(-c4cccs4)oc3C)CC2)cc1. The molecule has 29 heavy (non-hydrogen) atoms. The van der Waals surface area contributed by atoms with Crippen molar-refractivity contribution in [3.63, 3.8) is 0 Å². The lowest BCUT2D eigenvalue weighted by Crippen LogP contribution is -2.35. The molecular formula is C21H25N3O3S2. The van der Waals surface area contributed by atoms with Crippen LogP contribution in [0.3, 0.4) is 0 Å². The molecule has 0 aliphatic carbocycles. The smallest absolute Gasteiger partial charge is 0.243 e. The molecule has 0 bridgehead atoms. The highest BCUT2D eigenvalue weighted by Crippen LogP contribution is 2.27. The van der Waals surface area contributed by atoms with Gasteiger partial charge in [-0.3, -0.25) is 4.90 Å². The molecule has 0 N–H and O–H groups in total. The van der Waals surface area contributed by atoms with Gasteiger partial charge in [-0.05, 0) is 50.4 Å². The largest absolute Gasteiger partial charge is 0.440 e. The molecule has 8 heteroatoms. The third-order valence-corrected chi connectivity index (χ3v) is 7.97. The number of sulfonamides is 1. The van der Waals surface area contributed by atoms with Gasteiger partial charge in [-0.1, -0.05) is 23.8 Å². The topological polar surface area (TPSA) is 66.7 Å². The van der Waals surface area contributed by atoms with Crippen molar-refractivity contribution in [2.45, 2.75) is 31.7 Å². The second-order valence-corrected chi connectivity index (χ2v) is 10.2. The molecule has 0 atom stereocenters. The first-order valence-corrected chi connectivity index (χ1v) is 12.0. The normalized spacial score (nSPS) is 16.8. The molecule has 1 fully saturated rings. The quantitative estimate of drug-likeness (QED) is 0.613. The van der Waals surface area contributed by atoms with Gasteiger partial charge in [0.2, 0.25) is 15.9 Å². The van der Waals surface area contributed by atoms with Crippen LogP contribution in [0.1, 0.15) is 23.4 Å². The fourth-order valence-corrected chi connectivity index (χ4v) is 5.62. The van der Waals surface area contributed by atoms with Gasteiger partial charge < -0.3 is 4.42 Å². The summed E-state index contributed by atoms with van der Waals surface area (Å²) in [6, 6.07) is 11.1. The van der Waals surface area contributed by atoms with E-state index in [1.807, 2.05) is 43.5 Å². The molecule has 0 radical (unpaired) electrons. The summed E-state index contributed by atoms with van der Waals surface area (Å²) >= 11 is 1.61. The Hall–Kier alpha value is -2.00. The molecule has 154 valence electrons. The van der Waals surface area contributed by atoms with Crippen LogP contribution < -0.4 is 0 Å². The summed E-state index contributed by atoms with van der Waals surface area (Å²) in [5, 5.41) is 2.01. The summed E-state index contributed by atoms with van der Waals surface area (Å²) in [5.41, 5.74) is 1.97. The van der Waals surface area contributed by atoms with E-state index in [2.05, 4.69) is 9.88 Å². The number of nitrogens with zero attached hydrogens (tertiary/aromatic N) is 3. The van der Waals surface area contributed by atoms with Gasteiger partial charge in [-0.2, -0.15) is 4.31 Å². The Morgan fingerprint density at radius 1 is 1.07 bits per heavy atom. The van der Waals surface area contributed by atoms with Crippen molar-refractivity contribution in [2.75, 3.05) is 26.2 Å². The second-order valence-electron chi connectivity index (χ2n) is 7.35. The molecule has 3 aromatic rings. The van der Waals surface area contributed by atoms with E-state index in [-0.39, 0.29) is 0 Å². The van der Waals surface area contributed by atoms with Crippen LogP contribution in [0.2, 0.25) is 0 Å². The number of rotatable bonds is 5. The molecule has 0 amide bonds. The Morgan fingerprint density at radius 2 is 1.86 bits per heavy atom. The zero-order valence-corrected chi connectivity index (χ0v) is 18.3. The third kappa shape index (κ3) is 4.45. The van der Waals surface area contributed by atoms with E-state index in [0.29, 0.717) is 37.0 Å². The Labute approximate surface area is 175 Å². The lowest BCUT2D eigenvalue weighted by Gasteiger charge is -2.21. The van der Waals surface area contributed by atoms with Crippen molar-refractivity contribution >= 4 is 21.4 Å². The fourth-order valence-electron chi connectivity index (χ4n) is 3.50. The average Bonchev–Trinajstić information content (AvgIpc) is 3.28. The predicted octanol–water partition coefficient (Wildman–Crippen LogP) is 3.92. The van der Waals surface area contributed by atoms with Gasteiger partial charge in [0.1, 0.15) is 5.76 Å². The maximum Gasteiger partial charge on any atom is 0.243 e. The first-order chi connectivity index (χ1) is 13.9. The maximum absolute atomic E-state index is 13.0. The number of oxazole rings is 1. The molecule has 1 aliphatic rings. The zero-order valence-electron chi connectivity index (χ0n) is 16.7. The van der Waals surface area contributed by atoms with Gasteiger partial charge >= 0.3 is 0 Å². The minimum atomic E-state index is -3.46. The summed E-state index contributed by atoms with van der Waals surface area (Å²) in [6.07, 6.45) is 0.791. The minimum Gasteiger partial charge on any atom is -0.440 e. The molecule has 1 saturated heterocycles. The standard InChI is InChI=1S/C21H25N3O3S2/c1-16-6-8-18(9-7-16)29(25,26)24-11-4-10-23(12-13-24)15-19-17(2)27-21(22-19)20-5-3-14-28-20/h3,5-9,14H,4,10-13,15H2,1-2H3. The van der Waals surface area contributed by atoms with Crippen molar-refractivity contribution in [2.24, 2.45) is 0 Å². The van der Waals surface area contributed by atoms with Crippen LogP contribution >= 0.6 is 11.3 Å². The van der Waals surface area contributed by atoms with Crippen LogP contribution in [0.25, 0.3) is 10.8 Å². The number of aryl methyl sites for hydroxylation is 2. The van der Waals surface area contributed by atoms with E-state index >= 15 is 0 Å². The lowest BCUT2D eigenvalue weighted by atomic mass is 10.2. The van der Waals surface area contributed by atoms with E-state index in [0.717, 1.165) is 34.9 Å². The number of aromatic nitrogens is 1. The van der Waals surface area contributed by atoms with Crippen LogP contribution in [0, 0.1) is 13.8 Å². The second kappa shape index (κ2) is 8.39. The number of hydrogen-bond donors (Lipinski definition) is 0. The van der Waals surface area contributed by atoms with E-state index in [9.17, 15) is 8.42 Å². The summed E-state index contributed by atoms with van der Waals surface area (Å²) in [6.45, 7) is 7.07. The van der Waals surface area contributed by atoms with Gasteiger partial charge in [-0.25, -0.2) is 13.4 Å². The van der Waals surface area contributed by atoms with Crippen LogP contribution in [0.5, 0.6) is 0 Å². The molecule has 6 nitrogen and oxygen atoms in total. The molecule has 1 aromatic carbocycles. The van der Waals surface area contributed by atoms with E-state index in [4.69, 9.17) is 4.42 Å². The molecule has 4 rings (SSSR count). The van der Waals surface area contributed by atoms with Crippen LogP contribution in [-0.2, 0) is 16.6 Å². The number of benzene rings is 1. The Bertz CT molecular complexity index is 1060. The van der Waals surface area contributed by atoms with Crippen molar-refractivity contribution in [3.05, 3.63) is 58.8 Å². The average molecular weight is 432 g/mol. The predicted molar refractivity (Wildman–Crippen MR) is 114 cm³/mol. The highest BCUT2D eigenvalue weighted by atomic mass is 32.2. The number of thiophene rings is 1. The Kier molecular flexibility index (Phi) is 5.87. The molecule has 0 spiro atoms. The first kappa shape index (κ1) is 20.3. The van der Waals surface area contributed by atoms with Crippen molar-refractivity contribution in [1.82, 2.24) is 14.2 Å². The van der Waals surface area contributed by atoms with Crippen LogP contribution in [0.15, 0.2) is 51.1 Å². The monoisotopic (exact) mass is 431 g/mol. The molecular weight excluding hydrogens is 406 g/mol. The van der Waals surface area contributed by atoms with Crippen molar-refractivity contribution < 1.29 is 12.8 Å². The molecule has 2 aromatic heterocycles. The first-order valence-electron chi connectivity index (χ1n) is 9.73. The molecule has 3 heterocycles. The van der Waals surface area contributed by atoms with Gasteiger partial charge in [0.25, 0.3) is 0 Å². The van der Waals surface area contributed by atoms with Crippen LogP contribution in [-0.4, -0.2) is 48.8 Å². The van der Waals surface area contributed by atoms with Gasteiger partial charge in [-0.15, -0.1) is 11.3 Å². The minimum absolute atomic E-state index is 0.365. The molecule has 0 unspecified atom stereocenters. The molecule has 0 saturated carbocycles. The Morgan fingerprint density at radius 3 is 2.59 bits per heavy atom. The molecule has 1 aliphatic heterocycles. The van der Waals surface area contributed by atoms with E-state index in [1.54, 1.807) is 27.8 Å². The maximum atomic E-state index is 13.0. The number of hydrogen-bond acceptors (Lipinski definition) is 6. The van der Waals surface area contributed by atoms with Gasteiger partial charge in [0.05, 0.1) is 15.5 Å². The Balaban J connectivity index is 1.44. The highest BCUT2D eigenvalue weighted by Gasteiger charge is 2.27. The summed E-state index contributed by atoms with van der Waals surface area (Å²) in [5.74, 6) is 1.48. The fraction of sp³-hybridized carbons (Fsp3) is 0.381. The zero-order chi connectivity index (χ0) is 20.4. The van der Waals surface area contributed by atoms with Crippen molar-refractivity contribution in [3.8, 4) is 10.8 Å².